The van der Waals surface area contributed by atoms with Crippen molar-refractivity contribution in [3.05, 3.63) is 299 Å². The molecule has 0 bridgehead atoms. The summed E-state index contributed by atoms with van der Waals surface area (Å²) in [4.78, 5) is 10.9. The Morgan fingerprint density at radius 1 is 0.227 bits per heavy atom. The highest BCUT2D eigenvalue weighted by molar-refractivity contribution is 6.14. The number of aryl methyl sites for hydroxylation is 8. The first-order chi connectivity index (χ1) is 42.8. The van der Waals surface area contributed by atoms with Gasteiger partial charge in [-0.15, -0.1) is 0 Å². The third-order valence-electron chi connectivity index (χ3n) is 17.6. The summed E-state index contributed by atoms with van der Waals surface area (Å²) < 4.78 is 5.03. The molecule has 422 valence electrons. The van der Waals surface area contributed by atoms with E-state index in [1.165, 1.54) is 111 Å². The number of nitrogens with zero attached hydrogens (tertiary/aromatic N) is 4. The molecule has 12 aromatic carbocycles. The van der Waals surface area contributed by atoms with Crippen LogP contribution >= 0.6 is 0 Å². The van der Waals surface area contributed by atoms with Crippen LogP contribution in [0, 0.1) is 55.4 Å². The van der Waals surface area contributed by atoms with Crippen LogP contribution in [0.1, 0.15) is 44.5 Å². The van der Waals surface area contributed by atoms with Crippen LogP contribution in [0.25, 0.3) is 145 Å². The molecule has 0 amide bonds. The molecule has 3 heterocycles. The van der Waals surface area contributed by atoms with Crippen LogP contribution in [-0.2, 0) is 0 Å². The zero-order valence-corrected chi connectivity index (χ0v) is 51.0. The fraction of sp³-hybridized carbons (Fsp3) is 0.0952. The first-order valence-electron chi connectivity index (χ1n) is 30.6. The van der Waals surface area contributed by atoms with Crippen molar-refractivity contribution in [1.29, 1.82) is 0 Å². The van der Waals surface area contributed by atoms with Gasteiger partial charge in [0, 0.05) is 49.4 Å². The number of aromatic nitrogens is 4. The van der Waals surface area contributed by atoms with E-state index in [2.05, 4.69) is 319 Å². The average Bonchev–Trinajstić information content (AvgIpc) is 1.59. The summed E-state index contributed by atoms with van der Waals surface area (Å²) in [5.74, 6) is 0.665. The highest BCUT2D eigenvalue weighted by atomic mass is 15.0. The van der Waals surface area contributed by atoms with Crippen molar-refractivity contribution >= 4 is 43.6 Å². The average molecular weight is 1130 g/mol. The molecule has 0 N–H and O–H groups in total. The molecular weight excluding hydrogens is 1060 g/mol. The normalized spacial score (nSPS) is 11.6. The summed E-state index contributed by atoms with van der Waals surface area (Å²) in [6.45, 7) is 17.5. The topological polar surface area (TPSA) is 35.6 Å². The molecule has 0 fully saturated rings. The molecule has 0 aliphatic rings. The third kappa shape index (κ3) is 9.77. The number of rotatable bonds is 10. The van der Waals surface area contributed by atoms with Gasteiger partial charge >= 0.3 is 0 Å². The van der Waals surface area contributed by atoms with Crippen LogP contribution in [0.5, 0.6) is 0 Å². The lowest BCUT2D eigenvalue weighted by molar-refractivity contribution is 1.15. The van der Waals surface area contributed by atoms with Gasteiger partial charge in [0.1, 0.15) is 0 Å². The number of benzene rings is 12. The molecular formula is C84H66N4. The molecule has 0 aliphatic heterocycles. The van der Waals surface area contributed by atoms with Gasteiger partial charge in [-0.25, -0.2) is 9.97 Å². The van der Waals surface area contributed by atoms with E-state index >= 15 is 0 Å². The SMILES string of the molecule is Cc1cc(C)cc(-c2ccc3c(c2)c2cc(-c4cc(C)cc(C)c4)ccc2n3-c2ccccc2-c2c(-c3cc(-c4ccccc4)nc(-c4ccccc4)n3)cccc2-n2c3ccc(-c4cc(C)cc(C)c4)cc3c3cc(-c4cc(C)cc(C)c4)ccc32)c1. The fourth-order valence-electron chi connectivity index (χ4n) is 14.0. The van der Waals surface area contributed by atoms with E-state index in [9.17, 15) is 0 Å². The van der Waals surface area contributed by atoms with Gasteiger partial charge in [-0.1, -0.05) is 233 Å². The Bertz CT molecular complexity index is 4930. The summed E-state index contributed by atoms with van der Waals surface area (Å²) in [5.41, 5.74) is 32.9. The summed E-state index contributed by atoms with van der Waals surface area (Å²) >= 11 is 0. The summed E-state index contributed by atoms with van der Waals surface area (Å²) in [5, 5.41) is 4.75. The molecule has 0 atom stereocenters. The standard InChI is InChI=1S/C84H66N4/c1-51-34-52(2)39-65(38-51)61-26-30-78-71(46-61)72-47-62(66-40-53(3)35-54(4)41-66)27-31-79(72)87(78)77-24-16-15-22-70(77)83-69(76-50-75(59-18-11-9-12-19-59)85-84(86-76)60-20-13-10-14-21-60)23-17-25-82(83)88-80-32-28-63(67-42-55(5)36-56(6)43-67)48-73(80)74-49-64(29-33-81(74)88)68-44-57(7)37-58(8)45-68/h9-50H,1-8H3. The minimum atomic E-state index is 0.665. The highest BCUT2D eigenvalue weighted by Gasteiger charge is 2.26. The van der Waals surface area contributed by atoms with Gasteiger partial charge in [-0.05, 0) is 167 Å². The lowest BCUT2D eigenvalue weighted by Gasteiger charge is -2.22. The monoisotopic (exact) mass is 1130 g/mol. The van der Waals surface area contributed by atoms with E-state index in [0.717, 1.165) is 72.6 Å². The maximum atomic E-state index is 5.62. The van der Waals surface area contributed by atoms with Crippen molar-refractivity contribution < 1.29 is 0 Å². The quantitative estimate of drug-likeness (QED) is 0.137. The van der Waals surface area contributed by atoms with Crippen LogP contribution in [-0.4, -0.2) is 19.1 Å². The molecule has 15 aromatic rings. The van der Waals surface area contributed by atoms with Crippen molar-refractivity contribution in [3.63, 3.8) is 0 Å². The van der Waals surface area contributed by atoms with Crippen LogP contribution in [0.4, 0.5) is 0 Å². The first kappa shape index (κ1) is 54.0. The molecule has 88 heavy (non-hydrogen) atoms. The lowest BCUT2D eigenvalue weighted by atomic mass is 9.93. The Balaban J connectivity index is 1.05. The molecule has 4 heteroatoms. The minimum absolute atomic E-state index is 0.665. The van der Waals surface area contributed by atoms with Gasteiger partial charge in [0.25, 0.3) is 0 Å². The number of para-hydroxylation sites is 1. The van der Waals surface area contributed by atoms with Gasteiger partial charge in [0.15, 0.2) is 5.82 Å². The summed E-state index contributed by atoms with van der Waals surface area (Å²) in [6.07, 6.45) is 0. The van der Waals surface area contributed by atoms with E-state index in [1.54, 1.807) is 0 Å². The van der Waals surface area contributed by atoms with Crippen molar-refractivity contribution in [3.8, 4) is 101 Å². The maximum Gasteiger partial charge on any atom is 0.160 e. The van der Waals surface area contributed by atoms with Gasteiger partial charge in [-0.3, -0.25) is 0 Å². The Morgan fingerprint density at radius 2 is 0.557 bits per heavy atom. The Morgan fingerprint density at radius 3 is 0.966 bits per heavy atom. The minimum Gasteiger partial charge on any atom is -0.309 e. The van der Waals surface area contributed by atoms with E-state index in [0.29, 0.717) is 5.82 Å². The predicted octanol–water partition coefficient (Wildman–Crippen LogP) is 22.5. The largest absolute Gasteiger partial charge is 0.309 e. The molecule has 0 unspecified atom stereocenters. The van der Waals surface area contributed by atoms with Crippen LogP contribution in [0.3, 0.4) is 0 Å². The highest BCUT2D eigenvalue weighted by Crippen LogP contribution is 2.47. The first-order valence-corrected chi connectivity index (χ1v) is 30.6. The second-order valence-electron chi connectivity index (χ2n) is 24.5. The second-order valence-corrected chi connectivity index (χ2v) is 24.5. The van der Waals surface area contributed by atoms with Crippen molar-refractivity contribution in [2.75, 3.05) is 0 Å². The van der Waals surface area contributed by atoms with Gasteiger partial charge in [-0.2, -0.15) is 0 Å². The Labute approximate surface area is 515 Å². The molecule has 15 rings (SSSR count). The zero-order chi connectivity index (χ0) is 59.9. The molecule has 0 spiro atoms. The Hall–Kier alpha value is -10.7. The number of hydrogen-bond donors (Lipinski definition) is 0. The fourth-order valence-corrected chi connectivity index (χ4v) is 14.0. The predicted molar refractivity (Wildman–Crippen MR) is 372 cm³/mol. The molecule has 3 aromatic heterocycles. The molecule has 4 nitrogen and oxygen atoms in total. The van der Waals surface area contributed by atoms with E-state index < -0.39 is 0 Å². The lowest BCUT2D eigenvalue weighted by Crippen LogP contribution is -2.04. The summed E-state index contributed by atoms with van der Waals surface area (Å²) in [7, 11) is 0. The van der Waals surface area contributed by atoms with Gasteiger partial charge < -0.3 is 9.13 Å². The van der Waals surface area contributed by atoms with E-state index in [4.69, 9.17) is 9.97 Å². The molecule has 0 radical (unpaired) electrons. The van der Waals surface area contributed by atoms with Gasteiger partial charge in [0.05, 0.1) is 44.8 Å². The maximum absolute atomic E-state index is 5.62. The smallest absolute Gasteiger partial charge is 0.160 e. The third-order valence-corrected chi connectivity index (χ3v) is 17.6. The van der Waals surface area contributed by atoms with Crippen LogP contribution in [0.15, 0.2) is 255 Å². The second kappa shape index (κ2) is 21.7. The summed E-state index contributed by atoms with van der Waals surface area (Å²) in [6, 6.07) is 94.8. The van der Waals surface area contributed by atoms with Crippen LogP contribution < -0.4 is 0 Å². The molecule has 0 saturated carbocycles. The van der Waals surface area contributed by atoms with Gasteiger partial charge in [0.2, 0.25) is 0 Å². The van der Waals surface area contributed by atoms with E-state index in [-0.39, 0.29) is 0 Å². The van der Waals surface area contributed by atoms with Crippen LogP contribution in [0.2, 0.25) is 0 Å². The van der Waals surface area contributed by atoms with Crippen molar-refractivity contribution in [2.45, 2.75) is 55.4 Å². The van der Waals surface area contributed by atoms with Crippen molar-refractivity contribution in [2.24, 2.45) is 0 Å². The van der Waals surface area contributed by atoms with E-state index in [1.807, 2.05) is 0 Å². The molecule has 0 aliphatic carbocycles. The number of fused-ring (bicyclic) bond motifs is 6. The molecule has 0 saturated heterocycles. The van der Waals surface area contributed by atoms with Crippen molar-refractivity contribution in [1.82, 2.24) is 19.1 Å². The zero-order valence-electron chi connectivity index (χ0n) is 51.0. The number of hydrogen-bond acceptors (Lipinski definition) is 2. The Kier molecular flexibility index (Phi) is 13.3.